The van der Waals surface area contributed by atoms with Crippen LogP contribution in [-0.4, -0.2) is 9.81 Å². The van der Waals surface area contributed by atoms with Crippen molar-refractivity contribution in [3.63, 3.8) is 0 Å². The molecule has 0 aliphatic carbocycles. The summed E-state index contributed by atoms with van der Waals surface area (Å²) in [6.07, 6.45) is -0.0932. The Morgan fingerprint density at radius 3 is 2.40 bits per heavy atom. The lowest BCUT2D eigenvalue weighted by Gasteiger charge is -2.12. The average molecular weight is 294 g/mol. The van der Waals surface area contributed by atoms with E-state index in [1.54, 1.807) is 28.8 Å². The Balaban J connectivity index is 2.55. The fourth-order valence-electron chi connectivity index (χ4n) is 2.09. The van der Waals surface area contributed by atoms with E-state index in [4.69, 9.17) is 11.6 Å². The molecule has 1 heterocycles. The van der Waals surface area contributed by atoms with Gasteiger partial charge in [-0.05, 0) is 54.4 Å². The molecule has 5 heteroatoms. The molecule has 1 aromatic heterocycles. The van der Waals surface area contributed by atoms with Crippen LogP contribution in [0.4, 0.5) is 4.39 Å². The molecule has 0 atom stereocenters. The van der Waals surface area contributed by atoms with E-state index < -0.39 is 5.24 Å². The van der Waals surface area contributed by atoms with Gasteiger partial charge in [-0.2, -0.15) is 0 Å². The summed E-state index contributed by atoms with van der Waals surface area (Å²) >= 11 is 5.33. The molecule has 0 N–H and O–H groups in total. The summed E-state index contributed by atoms with van der Waals surface area (Å²) in [4.78, 5) is 23.2. The van der Waals surface area contributed by atoms with Crippen LogP contribution in [0.15, 0.2) is 41.2 Å². The van der Waals surface area contributed by atoms with Gasteiger partial charge in [0.2, 0.25) is 5.24 Å². The van der Waals surface area contributed by atoms with Crippen LogP contribution in [0.2, 0.25) is 0 Å². The summed E-state index contributed by atoms with van der Waals surface area (Å²) in [6, 6.07) is 9.25. The molecular formula is C15H13ClFNO2. The molecule has 0 aliphatic heterocycles. The minimum absolute atomic E-state index is 0.0932. The van der Waals surface area contributed by atoms with Gasteiger partial charge in [0.25, 0.3) is 5.56 Å². The van der Waals surface area contributed by atoms with Crippen molar-refractivity contribution in [2.24, 2.45) is 0 Å². The number of rotatable bonds is 4. The Bertz CT molecular complexity index is 692. The third-order valence-electron chi connectivity index (χ3n) is 3.04. The lowest BCUT2D eigenvalue weighted by molar-refractivity contribution is -0.111. The first-order chi connectivity index (χ1) is 9.52. The SMILES string of the molecule is CCn1c(-c2ccc(F)cc2)ccc(CC(=O)Cl)c1=O. The average Bonchev–Trinajstić information content (AvgIpc) is 2.41. The van der Waals surface area contributed by atoms with Crippen molar-refractivity contribution < 1.29 is 9.18 Å². The molecule has 3 nitrogen and oxygen atoms in total. The van der Waals surface area contributed by atoms with Gasteiger partial charge in [-0.25, -0.2) is 4.39 Å². The van der Waals surface area contributed by atoms with E-state index in [2.05, 4.69) is 0 Å². The van der Waals surface area contributed by atoms with Gasteiger partial charge in [-0.1, -0.05) is 6.07 Å². The summed E-state index contributed by atoms with van der Waals surface area (Å²) in [6.45, 7) is 2.29. The molecule has 0 radical (unpaired) electrons. The van der Waals surface area contributed by atoms with Crippen molar-refractivity contribution in [2.75, 3.05) is 0 Å². The minimum Gasteiger partial charge on any atom is -0.308 e. The van der Waals surface area contributed by atoms with Crippen molar-refractivity contribution >= 4 is 16.8 Å². The molecule has 0 spiro atoms. The molecule has 0 unspecified atom stereocenters. The minimum atomic E-state index is -0.570. The van der Waals surface area contributed by atoms with Gasteiger partial charge in [-0.3, -0.25) is 9.59 Å². The highest BCUT2D eigenvalue weighted by Gasteiger charge is 2.11. The maximum absolute atomic E-state index is 13.0. The Hall–Kier alpha value is -1.94. The lowest BCUT2D eigenvalue weighted by Crippen LogP contribution is -2.25. The van der Waals surface area contributed by atoms with E-state index in [0.717, 1.165) is 5.56 Å². The highest BCUT2D eigenvalue weighted by Crippen LogP contribution is 2.19. The zero-order chi connectivity index (χ0) is 14.7. The third-order valence-corrected chi connectivity index (χ3v) is 3.17. The second kappa shape index (κ2) is 6.01. The van der Waals surface area contributed by atoms with Crippen molar-refractivity contribution in [1.29, 1.82) is 0 Å². The smallest absolute Gasteiger partial charge is 0.254 e. The number of benzene rings is 1. The molecule has 0 saturated carbocycles. The fraction of sp³-hybridized carbons (Fsp3) is 0.200. The molecule has 0 saturated heterocycles. The molecule has 20 heavy (non-hydrogen) atoms. The topological polar surface area (TPSA) is 39.1 Å². The molecule has 0 amide bonds. The molecular weight excluding hydrogens is 281 g/mol. The van der Waals surface area contributed by atoms with Gasteiger partial charge in [0.1, 0.15) is 5.82 Å². The van der Waals surface area contributed by atoms with Crippen LogP contribution in [0.5, 0.6) is 0 Å². The zero-order valence-electron chi connectivity index (χ0n) is 10.9. The number of pyridine rings is 1. The first-order valence-electron chi connectivity index (χ1n) is 6.20. The molecule has 1 aromatic carbocycles. The maximum Gasteiger partial charge on any atom is 0.254 e. The number of carbonyl (C=O) groups excluding carboxylic acids is 1. The van der Waals surface area contributed by atoms with Crippen molar-refractivity contribution in [2.45, 2.75) is 19.9 Å². The van der Waals surface area contributed by atoms with Gasteiger partial charge >= 0.3 is 0 Å². The summed E-state index contributed by atoms with van der Waals surface area (Å²) in [7, 11) is 0. The van der Waals surface area contributed by atoms with Crippen LogP contribution < -0.4 is 5.56 Å². The summed E-state index contributed by atoms with van der Waals surface area (Å²) in [5.41, 5.74) is 1.54. The normalized spacial score (nSPS) is 10.6. The number of carbonyl (C=O) groups is 1. The molecule has 104 valence electrons. The van der Waals surface area contributed by atoms with E-state index in [9.17, 15) is 14.0 Å². The summed E-state index contributed by atoms with van der Waals surface area (Å²) in [5.74, 6) is -0.330. The van der Waals surface area contributed by atoms with Crippen LogP contribution >= 0.6 is 11.6 Å². The van der Waals surface area contributed by atoms with Crippen LogP contribution in [0, 0.1) is 5.82 Å². The number of nitrogens with zero attached hydrogens (tertiary/aromatic N) is 1. The number of hydrogen-bond donors (Lipinski definition) is 0. The van der Waals surface area contributed by atoms with Crippen LogP contribution in [0.3, 0.4) is 0 Å². The summed E-state index contributed by atoms with van der Waals surface area (Å²) < 4.78 is 14.5. The molecule has 0 aliphatic rings. The fourth-order valence-corrected chi connectivity index (χ4v) is 2.24. The van der Waals surface area contributed by atoms with E-state index >= 15 is 0 Å². The third kappa shape index (κ3) is 2.96. The van der Waals surface area contributed by atoms with E-state index in [0.29, 0.717) is 17.8 Å². The van der Waals surface area contributed by atoms with Crippen molar-refractivity contribution in [3.05, 3.63) is 58.1 Å². The first kappa shape index (κ1) is 14.5. The van der Waals surface area contributed by atoms with E-state index in [1.807, 2.05) is 6.92 Å². The quantitative estimate of drug-likeness (QED) is 0.813. The van der Waals surface area contributed by atoms with Crippen LogP contribution in [0.25, 0.3) is 11.3 Å². The van der Waals surface area contributed by atoms with Gasteiger partial charge < -0.3 is 4.57 Å². The van der Waals surface area contributed by atoms with Gasteiger partial charge in [0, 0.05) is 12.1 Å². The standard InChI is InChI=1S/C15H13ClFNO2/c1-2-18-13(10-3-6-12(17)7-4-10)8-5-11(15(18)20)9-14(16)19/h3-8H,2,9H2,1H3. The largest absolute Gasteiger partial charge is 0.308 e. The van der Waals surface area contributed by atoms with E-state index in [1.165, 1.54) is 12.1 Å². The number of aromatic nitrogens is 1. The highest BCUT2D eigenvalue weighted by atomic mass is 35.5. The Morgan fingerprint density at radius 1 is 1.20 bits per heavy atom. The Kier molecular flexibility index (Phi) is 4.35. The second-order valence-corrected chi connectivity index (χ2v) is 4.75. The lowest BCUT2D eigenvalue weighted by atomic mass is 10.1. The monoisotopic (exact) mass is 293 g/mol. The summed E-state index contributed by atoms with van der Waals surface area (Å²) in [5, 5.41) is -0.570. The first-order valence-corrected chi connectivity index (χ1v) is 6.57. The Labute approximate surface area is 120 Å². The van der Waals surface area contributed by atoms with Crippen LogP contribution in [-0.2, 0) is 17.8 Å². The number of halogens is 2. The number of hydrogen-bond acceptors (Lipinski definition) is 2. The second-order valence-electron chi connectivity index (χ2n) is 4.33. The van der Waals surface area contributed by atoms with Crippen LogP contribution in [0.1, 0.15) is 12.5 Å². The highest BCUT2D eigenvalue weighted by molar-refractivity contribution is 6.63. The molecule has 0 fully saturated rings. The molecule has 2 rings (SSSR count). The van der Waals surface area contributed by atoms with E-state index in [-0.39, 0.29) is 17.8 Å². The van der Waals surface area contributed by atoms with Gasteiger partial charge in [-0.15, -0.1) is 0 Å². The predicted molar refractivity (Wildman–Crippen MR) is 76.3 cm³/mol. The Morgan fingerprint density at radius 2 is 1.85 bits per heavy atom. The maximum atomic E-state index is 13.0. The van der Waals surface area contributed by atoms with Crippen molar-refractivity contribution in [1.82, 2.24) is 4.57 Å². The van der Waals surface area contributed by atoms with Gasteiger partial charge in [0.05, 0.1) is 12.1 Å². The molecule has 2 aromatic rings. The van der Waals surface area contributed by atoms with Gasteiger partial charge in [0.15, 0.2) is 0 Å². The predicted octanol–water partition coefficient (Wildman–Crippen LogP) is 2.98. The zero-order valence-corrected chi connectivity index (χ0v) is 11.7. The molecule has 0 bridgehead atoms. The van der Waals surface area contributed by atoms with Crippen molar-refractivity contribution in [3.8, 4) is 11.3 Å².